The van der Waals surface area contributed by atoms with Crippen molar-refractivity contribution in [1.82, 2.24) is 89.7 Å². The van der Waals surface area contributed by atoms with Gasteiger partial charge in [-0.15, -0.1) is 0 Å². The van der Waals surface area contributed by atoms with Gasteiger partial charge < -0.3 is 142 Å². The maximum atomic E-state index is 14.8. The van der Waals surface area contributed by atoms with E-state index in [-0.39, 0.29) is 75.3 Å². The van der Waals surface area contributed by atoms with Crippen molar-refractivity contribution in [1.29, 1.82) is 5.41 Å². The first-order valence-electron chi connectivity index (χ1n) is 40.7. The Morgan fingerprint density at radius 3 is 1.21 bits per heavy atom. The Morgan fingerprint density at radius 1 is 0.429 bits per heavy atom. The summed E-state index contributed by atoms with van der Waals surface area (Å²) in [6, 6.07) is -4.74. The first kappa shape index (κ1) is 105. The molecule has 694 valence electrons. The molecule has 0 saturated heterocycles. The molecule has 0 aliphatic carbocycles. The van der Waals surface area contributed by atoms with Crippen LogP contribution in [0, 0.1) is 23.2 Å². The Balaban J connectivity index is 1.54. The maximum absolute atomic E-state index is 14.8. The molecule has 17 atom stereocenters. The summed E-state index contributed by atoms with van der Waals surface area (Å²) in [5.74, 6) is -20.6. The monoisotopic (exact) mass is 1770 g/mol. The number of carbonyl (C=O) groups excluding carboxylic acids is 14. The molecule has 0 aliphatic rings. The zero-order valence-electron chi connectivity index (χ0n) is 71.1. The van der Waals surface area contributed by atoms with Crippen LogP contribution < -0.4 is 91.2 Å². The van der Waals surface area contributed by atoms with E-state index in [9.17, 15) is 123 Å². The van der Waals surface area contributed by atoms with Gasteiger partial charge in [0, 0.05) is 44.8 Å². The van der Waals surface area contributed by atoms with Crippen LogP contribution in [0.4, 0.5) is 0 Å². The number of aromatic amines is 1. The lowest BCUT2D eigenvalue weighted by molar-refractivity contribution is -0.144. The zero-order valence-corrected chi connectivity index (χ0v) is 71.1. The number of hydrogen-bond donors (Lipinski definition) is 28. The highest BCUT2D eigenvalue weighted by Crippen LogP contribution is 2.18. The van der Waals surface area contributed by atoms with Crippen LogP contribution in [0.2, 0.25) is 0 Å². The van der Waals surface area contributed by atoms with Crippen molar-refractivity contribution in [2.45, 2.75) is 223 Å². The van der Waals surface area contributed by atoms with E-state index in [1.807, 2.05) is 13.8 Å². The van der Waals surface area contributed by atoms with E-state index < -0.39 is 248 Å². The molecule has 45 heteroatoms. The van der Waals surface area contributed by atoms with Gasteiger partial charge in [-0.2, -0.15) is 0 Å². The number of phenolic OH excluding ortho intramolecular Hbond substituents is 2. The number of H-pyrrole nitrogens is 1. The standard InChI is InChI=1S/C81H120N20O25/c1-9-42(6)64(80(125)126)99-76(121)60(37-103)97-71(116)55(31-46-17-21-49(107)22-18-46)89-62(109)35-87-68(113)52(16-13-27-86-81(83)84)90-78(123)66(44(8)106)101-77(122)61(38-104)98-75(120)59(36-102)96-70(115)54(29-41(4)5)93-69(114)53(25-26-63(110)111)91-79(124)65(43(7)105)100-74(119)57(32-47-19-23-50(108)24-20-47)95-72(117)56(30-45-14-11-10-12-15-45)94-73(118)58(33-48-34-85-39-88-48)92-67(112)51(82)28-40(2)3/h10-12,14-15,17-24,34,39-44,51-61,64-66,102-108H,9,13,16,25-33,35-38,82H2,1-8H3,(H,85,88)(H,87,113)(H,89,109)(H,90,123)(H,91,124)(H,92,112)(H,93,114)(H,94,118)(H,95,117)(H,96,115)(H,97,116)(H,98,120)(H,99,121)(H,100,119)(H,101,122)(H,110,111)(H,125,126)(H4,83,84,86)/t42-,43+,44+,51-,52-,53-,54-,55-,56-,57-,58-,59-,60-,61-,64-,65-,66-/m0/s1. The number of carboxylic acids is 2. The molecular formula is C81H120N20O25. The number of nitrogens with two attached hydrogens (primary N) is 2. The van der Waals surface area contributed by atoms with Crippen molar-refractivity contribution < 1.29 is 123 Å². The summed E-state index contributed by atoms with van der Waals surface area (Å²) in [5.41, 5.74) is 13.2. The average Bonchev–Trinajstić information content (AvgIpc) is 1.77. The number of imidazole rings is 1. The van der Waals surface area contributed by atoms with E-state index in [2.05, 4.69) is 89.7 Å². The molecule has 0 aliphatic heterocycles. The highest BCUT2D eigenvalue weighted by molar-refractivity contribution is 6.01. The molecule has 45 nitrogen and oxygen atoms in total. The number of amides is 14. The Hall–Kier alpha value is -13.0. The van der Waals surface area contributed by atoms with Crippen LogP contribution in [0.15, 0.2) is 91.4 Å². The number of nitrogens with one attached hydrogen (secondary N) is 17. The molecule has 126 heavy (non-hydrogen) atoms. The number of carboxylic acid groups (broad SMARTS) is 2. The van der Waals surface area contributed by atoms with Gasteiger partial charge in [0.25, 0.3) is 0 Å². The normalized spacial score (nSPS) is 15.2. The molecule has 4 aromatic rings. The second-order valence-electron chi connectivity index (χ2n) is 31.1. The number of guanidine groups is 1. The summed E-state index contributed by atoms with van der Waals surface area (Å²) in [6.45, 7) is 7.63. The summed E-state index contributed by atoms with van der Waals surface area (Å²) in [6.07, 6.45) is -3.52. The summed E-state index contributed by atoms with van der Waals surface area (Å²) >= 11 is 0. The molecule has 14 amide bonds. The fourth-order valence-electron chi connectivity index (χ4n) is 12.5. The smallest absolute Gasteiger partial charge is 0.326 e. The molecule has 3 aromatic carbocycles. The number of aromatic hydroxyl groups is 2. The van der Waals surface area contributed by atoms with Crippen molar-refractivity contribution in [3.05, 3.63) is 114 Å². The first-order chi connectivity index (χ1) is 59.5. The van der Waals surface area contributed by atoms with E-state index in [1.165, 1.54) is 61.1 Å². The van der Waals surface area contributed by atoms with E-state index in [1.54, 1.807) is 58.0 Å². The van der Waals surface area contributed by atoms with Gasteiger partial charge >= 0.3 is 11.9 Å². The maximum Gasteiger partial charge on any atom is 0.326 e. The molecule has 0 saturated carbocycles. The largest absolute Gasteiger partial charge is 0.508 e. The lowest BCUT2D eigenvalue weighted by atomic mass is 9.99. The number of carbonyl (C=O) groups is 16. The first-order valence-corrected chi connectivity index (χ1v) is 40.7. The predicted molar refractivity (Wildman–Crippen MR) is 449 cm³/mol. The minimum absolute atomic E-state index is 0.00469. The average molecular weight is 1770 g/mol. The van der Waals surface area contributed by atoms with Crippen molar-refractivity contribution >= 4 is 101 Å². The van der Waals surface area contributed by atoms with Crippen LogP contribution in [-0.4, -0.2) is 286 Å². The topological polar surface area (TPSA) is 740 Å². The zero-order chi connectivity index (χ0) is 94.2. The minimum Gasteiger partial charge on any atom is -0.508 e. The third kappa shape index (κ3) is 36.8. The summed E-state index contributed by atoms with van der Waals surface area (Å²) in [7, 11) is 0. The Bertz CT molecular complexity index is 4300. The molecule has 0 radical (unpaired) electrons. The fourth-order valence-corrected chi connectivity index (χ4v) is 12.5. The minimum atomic E-state index is -2.07. The molecule has 0 unspecified atom stereocenters. The van der Waals surface area contributed by atoms with Crippen LogP contribution in [0.1, 0.15) is 123 Å². The number of aliphatic hydroxyl groups excluding tert-OH is 5. The van der Waals surface area contributed by atoms with Crippen molar-refractivity contribution in [2.24, 2.45) is 29.2 Å². The Morgan fingerprint density at radius 2 is 0.802 bits per heavy atom. The summed E-state index contributed by atoms with van der Waals surface area (Å²) in [5, 5.41) is 136. The van der Waals surface area contributed by atoms with E-state index in [0.717, 1.165) is 13.8 Å². The number of nitrogens with zero attached hydrogens (tertiary/aromatic N) is 1. The fraction of sp³-hybridized carbons (Fsp3) is 0.531. The van der Waals surface area contributed by atoms with Crippen molar-refractivity contribution in [3.8, 4) is 11.5 Å². The third-order valence-corrected chi connectivity index (χ3v) is 19.6. The highest BCUT2D eigenvalue weighted by Gasteiger charge is 2.40. The summed E-state index contributed by atoms with van der Waals surface area (Å²) in [4.78, 5) is 228. The third-order valence-electron chi connectivity index (χ3n) is 19.6. The predicted octanol–water partition coefficient (Wildman–Crippen LogP) is -7.07. The van der Waals surface area contributed by atoms with Gasteiger partial charge in [0.2, 0.25) is 82.7 Å². The number of hydrogen-bond acceptors (Lipinski definition) is 26. The number of phenols is 2. The number of aromatic nitrogens is 2. The lowest BCUT2D eigenvalue weighted by Crippen LogP contribution is -2.63. The Labute approximate surface area is 725 Å². The van der Waals surface area contributed by atoms with Gasteiger partial charge in [-0.05, 0) is 105 Å². The van der Waals surface area contributed by atoms with Crippen LogP contribution in [0.3, 0.4) is 0 Å². The summed E-state index contributed by atoms with van der Waals surface area (Å²) < 4.78 is 0. The van der Waals surface area contributed by atoms with Crippen LogP contribution in [0.25, 0.3) is 0 Å². The van der Waals surface area contributed by atoms with Crippen LogP contribution in [0.5, 0.6) is 11.5 Å². The van der Waals surface area contributed by atoms with Crippen molar-refractivity contribution in [2.75, 3.05) is 32.9 Å². The van der Waals surface area contributed by atoms with Gasteiger partial charge in [-0.1, -0.05) is 103 Å². The lowest BCUT2D eigenvalue weighted by Gasteiger charge is -2.29. The van der Waals surface area contributed by atoms with Gasteiger partial charge in [0.05, 0.1) is 56.6 Å². The quantitative estimate of drug-likeness (QED) is 0.0111. The van der Waals surface area contributed by atoms with Gasteiger partial charge in [-0.3, -0.25) is 77.3 Å². The molecule has 0 fully saturated rings. The highest BCUT2D eigenvalue weighted by atomic mass is 16.4. The number of rotatable bonds is 55. The molecule has 30 N–H and O–H groups in total. The van der Waals surface area contributed by atoms with Crippen LogP contribution in [-0.2, 0) is 102 Å². The molecule has 1 heterocycles. The van der Waals surface area contributed by atoms with E-state index in [4.69, 9.17) is 16.9 Å². The number of aliphatic carboxylic acids is 2. The Kier molecular flexibility index (Phi) is 44.5. The molecule has 0 bridgehead atoms. The van der Waals surface area contributed by atoms with Crippen LogP contribution >= 0.6 is 0 Å². The van der Waals surface area contributed by atoms with E-state index >= 15 is 0 Å². The van der Waals surface area contributed by atoms with Gasteiger partial charge in [0.15, 0.2) is 5.96 Å². The molecule has 1 aromatic heterocycles. The molecule has 4 rings (SSSR count). The van der Waals surface area contributed by atoms with Gasteiger partial charge in [-0.25, -0.2) is 9.78 Å². The second-order valence-corrected chi connectivity index (χ2v) is 31.1. The molecule has 0 spiro atoms. The van der Waals surface area contributed by atoms with Gasteiger partial charge in [0.1, 0.15) is 90.0 Å². The second kappa shape index (κ2) is 53.3. The molecular weight excluding hydrogens is 1650 g/mol. The van der Waals surface area contributed by atoms with E-state index in [0.29, 0.717) is 28.8 Å². The number of benzene rings is 3. The number of aliphatic hydroxyl groups is 5. The van der Waals surface area contributed by atoms with Crippen molar-refractivity contribution in [3.63, 3.8) is 0 Å². The SMILES string of the molecule is CC[C@H](C)[C@H](NC(=O)[C@H](CO)NC(=O)[C@H](Cc1ccc(O)cc1)NC(=O)CNC(=O)[C@H](CCCNC(=N)N)NC(=O)[C@@H](NC(=O)[C@H](CO)NC(=O)[C@H](CO)NC(=O)[C@H](CC(C)C)NC(=O)[C@H](CCC(=O)O)NC(=O)[C@@H](NC(=O)[C@H](Cc1ccc(O)cc1)NC(=O)[C@H](Cc1ccccc1)NC(=O)[C@H](Cc1c[nH]cn1)NC(=O)[C@@H](N)CC(C)C)[C@@H](C)O)[C@@H](C)O)C(=O)O.